The van der Waals surface area contributed by atoms with Crippen molar-refractivity contribution in [3.05, 3.63) is 32.3 Å². The van der Waals surface area contributed by atoms with Crippen molar-refractivity contribution in [3.63, 3.8) is 0 Å². The summed E-state index contributed by atoms with van der Waals surface area (Å²) in [5.74, 6) is 0.553. The number of hydrogen-bond acceptors (Lipinski definition) is 4. The molecule has 17 heavy (non-hydrogen) atoms. The minimum Gasteiger partial charge on any atom is -0.484 e. The first-order chi connectivity index (χ1) is 7.88. The molecule has 92 valence electrons. The van der Waals surface area contributed by atoms with Crippen LogP contribution >= 0.6 is 11.6 Å². The zero-order valence-corrected chi connectivity index (χ0v) is 10.2. The highest BCUT2D eigenvalue weighted by molar-refractivity contribution is 6.33. The van der Waals surface area contributed by atoms with E-state index in [2.05, 4.69) is 0 Å². The van der Waals surface area contributed by atoms with Gasteiger partial charge in [0.05, 0.1) is 11.5 Å². The van der Waals surface area contributed by atoms with Crippen LogP contribution in [0.4, 0.5) is 5.69 Å². The Morgan fingerprint density at radius 3 is 2.88 bits per heavy atom. The van der Waals surface area contributed by atoms with Crippen LogP contribution in [0, 0.1) is 17.0 Å². The number of ether oxygens (including phenoxy) is 1. The molecule has 1 aliphatic heterocycles. The summed E-state index contributed by atoms with van der Waals surface area (Å²) in [4.78, 5) is 10.3. The van der Waals surface area contributed by atoms with Gasteiger partial charge in [-0.05, 0) is 13.8 Å². The first kappa shape index (κ1) is 12.1. The van der Waals surface area contributed by atoms with Gasteiger partial charge in [0.1, 0.15) is 16.4 Å². The van der Waals surface area contributed by atoms with Crippen LogP contribution in [0.25, 0.3) is 0 Å². The van der Waals surface area contributed by atoms with Crippen LogP contribution in [0.15, 0.2) is 6.07 Å². The Morgan fingerprint density at radius 1 is 1.71 bits per heavy atom. The molecule has 6 heteroatoms. The summed E-state index contributed by atoms with van der Waals surface area (Å²) in [5.41, 5.74) is 0.433. The molecule has 5 nitrogen and oxygen atoms in total. The van der Waals surface area contributed by atoms with Gasteiger partial charge in [-0.2, -0.15) is 0 Å². The topological polar surface area (TPSA) is 72.6 Å². The molecular formula is C11H12ClNO4. The highest BCUT2D eigenvalue weighted by Gasteiger charge is 2.37. The molecular weight excluding hydrogens is 246 g/mol. The molecule has 2 rings (SSSR count). The lowest BCUT2D eigenvalue weighted by Crippen LogP contribution is -2.34. The van der Waals surface area contributed by atoms with Crippen molar-refractivity contribution in [1.82, 2.24) is 0 Å². The summed E-state index contributed by atoms with van der Waals surface area (Å²) in [6.45, 7) is 3.29. The highest BCUT2D eigenvalue weighted by Crippen LogP contribution is 2.44. The molecule has 1 aliphatic rings. The second kappa shape index (κ2) is 3.85. The molecule has 1 N–H and O–H groups in total. The van der Waals surface area contributed by atoms with E-state index in [-0.39, 0.29) is 17.3 Å². The maximum atomic E-state index is 10.8. The number of aliphatic hydroxyl groups excluding tert-OH is 1. The number of nitro benzene ring substituents is 1. The molecule has 0 aliphatic carbocycles. The average Bonchev–Trinajstić information content (AvgIpc) is 2.61. The van der Waals surface area contributed by atoms with Gasteiger partial charge >= 0.3 is 0 Å². The van der Waals surface area contributed by atoms with Gasteiger partial charge in [0.15, 0.2) is 0 Å². The van der Waals surface area contributed by atoms with Gasteiger partial charge in [-0.1, -0.05) is 11.6 Å². The van der Waals surface area contributed by atoms with Crippen LogP contribution in [0.1, 0.15) is 18.1 Å². The molecule has 1 atom stereocenters. The zero-order valence-electron chi connectivity index (χ0n) is 9.49. The molecule has 0 saturated heterocycles. The van der Waals surface area contributed by atoms with Crippen molar-refractivity contribution < 1.29 is 14.8 Å². The van der Waals surface area contributed by atoms with E-state index in [9.17, 15) is 15.2 Å². The van der Waals surface area contributed by atoms with Crippen molar-refractivity contribution in [2.24, 2.45) is 0 Å². The largest absolute Gasteiger partial charge is 0.484 e. The summed E-state index contributed by atoms with van der Waals surface area (Å²) in [6, 6.07) is 1.42. The fourth-order valence-corrected chi connectivity index (χ4v) is 2.22. The Bertz CT molecular complexity index is 503. The predicted octanol–water partition coefficient (Wildman–Crippen LogP) is 2.24. The normalized spacial score (nSPS) is 22.1. The first-order valence-corrected chi connectivity index (χ1v) is 5.52. The van der Waals surface area contributed by atoms with Crippen molar-refractivity contribution in [1.29, 1.82) is 0 Å². The maximum Gasteiger partial charge on any atom is 0.288 e. The van der Waals surface area contributed by atoms with Gasteiger partial charge in [-0.3, -0.25) is 10.1 Å². The Balaban J connectivity index is 2.56. The smallest absolute Gasteiger partial charge is 0.288 e. The van der Waals surface area contributed by atoms with Crippen LogP contribution in [0.3, 0.4) is 0 Å². The van der Waals surface area contributed by atoms with E-state index in [1.54, 1.807) is 13.8 Å². The van der Waals surface area contributed by atoms with Crippen LogP contribution in [0.5, 0.6) is 5.75 Å². The van der Waals surface area contributed by atoms with Gasteiger partial charge in [-0.25, -0.2) is 0 Å². The van der Waals surface area contributed by atoms with Crippen molar-refractivity contribution in [2.75, 3.05) is 6.61 Å². The molecule has 0 radical (unpaired) electrons. The lowest BCUT2D eigenvalue weighted by Gasteiger charge is -2.20. The number of benzene rings is 1. The van der Waals surface area contributed by atoms with Crippen molar-refractivity contribution >= 4 is 17.3 Å². The van der Waals surface area contributed by atoms with Crippen LogP contribution in [-0.4, -0.2) is 22.2 Å². The molecule has 0 bridgehead atoms. The van der Waals surface area contributed by atoms with Gasteiger partial charge in [0, 0.05) is 23.6 Å². The van der Waals surface area contributed by atoms with E-state index in [0.717, 1.165) is 5.56 Å². The molecule has 1 unspecified atom stereocenters. The van der Waals surface area contributed by atoms with E-state index in [4.69, 9.17) is 16.3 Å². The number of hydrogen-bond donors (Lipinski definition) is 1. The van der Waals surface area contributed by atoms with E-state index in [0.29, 0.717) is 17.7 Å². The summed E-state index contributed by atoms with van der Waals surface area (Å²) in [7, 11) is 0. The molecule has 0 spiro atoms. The lowest BCUT2D eigenvalue weighted by molar-refractivity contribution is -0.384. The molecule has 1 heterocycles. The molecule has 0 aromatic heterocycles. The molecule has 0 saturated carbocycles. The Labute approximate surface area is 103 Å². The zero-order chi connectivity index (χ0) is 12.8. The van der Waals surface area contributed by atoms with Crippen LogP contribution in [-0.2, 0) is 6.42 Å². The fraction of sp³-hybridized carbons (Fsp3) is 0.455. The quantitative estimate of drug-likeness (QED) is 0.651. The highest BCUT2D eigenvalue weighted by atomic mass is 35.5. The number of nitrogens with zero attached hydrogens (tertiary/aromatic N) is 1. The molecule has 0 amide bonds. The van der Waals surface area contributed by atoms with E-state index in [1.165, 1.54) is 6.07 Å². The monoisotopic (exact) mass is 257 g/mol. The van der Waals surface area contributed by atoms with E-state index in [1.807, 2.05) is 0 Å². The summed E-state index contributed by atoms with van der Waals surface area (Å²) >= 11 is 5.92. The van der Waals surface area contributed by atoms with Crippen molar-refractivity contribution in [2.45, 2.75) is 25.9 Å². The predicted molar refractivity (Wildman–Crippen MR) is 62.7 cm³/mol. The molecule has 0 fully saturated rings. The fourth-order valence-electron chi connectivity index (χ4n) is 2.01. The molecule has 1 aromatic carbocycles. The minimum atomic E-state index is -0.717. The van der Waals surface area contributed by atoms with Gasteiger partial charge in [-0.15, -0.1) is 0 Å². The third-order valence-electron chi connectivity index (χ3n) is 2.94. The van der Waals surface area contributed by atoms with Crippen LogP contribution in [0.2, 0.25) is 5.02 Å². The van der Waals surface area contributed by atoms with Crippen molar-refractivity contribution in [3.8, 4) is 5.75 Å². The Kier molecular flexibility index (Phi) is 2.75. The number of nitro groups is 1. The first-order valence-electron chi connectivity index (χ1n) is 5.14. The van der Waals surface area contributed by atoms with Crippen LogP contribution < -0.4 is 4.74 Å². The average molecular weight is 258 g/mol. The van der Waals surface area contributed by atoms with E-state index < -0.39 is 10.5 Å². The Morgan fingerprint density at radius 2 is 2.35 bits per heavy atom. The number of aliphatic hydroxyl groups is 1. The SMILES string of the molecule is Cc1c(Cl)c([N+](=O)[O-])cc2c1OC(C)(CO)C2. The Hall–Kier alpha value is -1.33. The number of fused-ring (bicyclic) bond motifs is 1. The summed E-state index contributed by atoms with van der Waals surface area (Å²) in [5, 5.41) is 20.2. The van der Waals surface area contributed by atoms with E-state index >= 15 is 0 Å². The maximum absolute atomic E-state index is 10.8. The van der Waals surface area contributed by atoms with Gasteiger partial charge < -0.3 is 9.84 Å². The third kappa shape index (κ3) is 1.85. The summed E-state index contributed by atoms with van der Waals surface area (Å²) in [6.07, 6.45) is 0.442. The lowest BCUT2D eigenvalue weighted by atomic mass is 9.99. The second-order valence-electron chi connectivity index (χ2n) is 4.47. The molecule has 1 aromatic rings. The second-order valence-corrected chi connectivity index (χ2v) is 4.84. The number of halogens is 1. The van der Waals surface area contributed by atoms with Gasteiger partial charge in [0.25, 0.3) is 5.69 Å². The summed E-state index contributed by atoms with van der Waals surface area (Å²) < 4.78 is 5.63. The minimum absolute atomic E-state index is 0.0935. The third-order valence-corrected chi connectivity index (χ3v) is 3.42. The van der Waals surface area contributed by atoms with Gasteiger partial charge in [0.2, 0.25) is 0 Å². The standard InChI is InChI=1S/C11H12ClNO4/c1-6-9(12)8(13(15)16)3-7-4-11(2,5-14)17-10(6)7/h3,14H,4-5H2,1-2H3. The number of rotatable bonds is 2.